The first-order valence-corrected chi connectivity index (χ1v) is 8.09. The maximum atomic E-state index is 12.1. The van der Waals surface area contributed by atoms with Gasteiger partial charge in [0.1, 0.15) is 6.04 Å². The number of methoxy groups -OCH3 is 1. The van der Waals surface area contributed by atoms with Gasteiger partial charge in [0, 0.05) is 5.75 Å². The maximum Gasteiger partial charge on any atom is 0.421 e. The lowest BCUT2D eigenvalue weighted by Gasteiger charge is -2.25. The minimum Gasteiger partial charge on any atom is -0.480 e. The molecule has 0 aromatic rings. The number of ether oxygens (including phenoxy) is 1. The third-order valence-corrected chi connectivity index (χ3v) is 6.02. The Morgan fingerprint density at radius 2 is 2.05 bits per heavy atom. The van der Waals surface area contributed by atoms with E-state index in [2.05, 4.69) is 4.74 Å². The molecule has 0 radical (unpaired) electrons. The number of aliphatic carboxylic acids is 1. The number of hydrogen-bond donors (Lipinski definition) is 2. The summed E-state index contributed by atoms with van der Waals surface area (Å²) in [5.74, 6) is -0.882. The maximum absolute atomic E-state index is 12.1. The summed E-state index contributed by atoms with van der Waals surface area (Å²) < 4.78 is 31.0. The highest BCUT2D eigenvalue weighted by Gasteiger charge is 2.51. The molecule has 2 N–H and O–H groups in total. The number of nitrogens with one attached hydrogen (secondary N) is 1. The number of hydrogen-bond acceptors (Lipinski definition) is 6. The van der Waals surface area contributed by atoms with E-state index in [4.69, 9.17) is 5.11 Å². The smallest absolute Gasteiger partial charge is 0.421 e. The molecule has 108 valence electrons. The minimum atomic E-state index is -4.21. The molecular weight excluding hydrogens is 296 g/mol. The zero-order valence-corrected chi connectivity index (χ0v) is 11.7. The van der Waals surface area contributed by atoms with Crippen LogP contribution in [-0.2, 0) is 19.7 Å². The normalized spacial score (nSPS) is 28.1. The molecule has 0 aromatic heterocycles. The molecule has 8 nitrogen and oxygen atoms in total. The molecule has 10 heteroatoms. The number of rotatable bonds is 4. The number of amides is 1. The van der Waals surface area contributed by atoms with Gasteiger partial charge in [0.25, 0.3) is 0 Å². The summed E-state index contributed by atoms with van der Waals surface area (Å²) in [6.07, 6.45) is 0.610. The van der Waals surface area contributed by atoms with Crippen molar-refractivity contribution in [2.75, 3.05) is 12.9 Å². The standard InChI is InChI=1S/C9H14N2O6S2/c1-17-9(14)10-19(15,16)11-6(8(12)13)4-18-7(11)5-2-3-5/h5-7H,2-4H2,1H3,(H,10,14)(H,12,13). The van der Waals surface area contributed by atoms with Crippen LogP contribution >= 0.6 is 11.8 Å². The average molecular weight is 310 g/mol. The van der Waals surface area contributed by atoms with Crippen LogP contribution in [0.1, 0.15) is 12.8 Å². The van der Waals surface area contributed by atoms with Gasteiger partial charge in [-0.3, -0.25) is 4.79 Å². The summed E-state index contributed by atoms with van der Waals surface area (Å²) in [5, 5.41) is 8.67. The molecule has 1 aliphatic carbocycles. The lowest BCUT2D eigenvalue weighted by atomic mass is 10.3. The Kier molecular flexibility index (Phi) is 3.92. The Morgan fingerprint density at radius 3 is 2.53 bits per heavy atom. The molecule has 1 saturated carbocycles. The van der Waals surface area contributed by atoms with Crippen molar-refractivity contribution in [1.29, 1.82) is 0 Å². The highest BCUT2D eigenvalue weighted by Crippen LogP contribution is 2.46. The average Bonchev–Trinajstić information content (AvgIpc) is 3.06. The molecule has 0 spiro atoms. The molecule has 2 unspecified atom stereocenters. The second-order valence-electron chi connectivity index (χ2n) is 4.34. The molecule has 1 heterocycles. The van der Waals surface area contributed by atoms with E-state index in [9.17, 15) is 18.0 Å². The van der Waals surface area contributed by atoms with Crippen LogP contribution in [0.25, 0.3) is 0 Å². The second-order valence-corrected chi connectivity index (χ2v) is 7.07. The van der Waals surface area contributed by atoms with E-state index >= 15 is 0 Å². The molecule has 2 aliphatic rings. The first kappa shape index (κ1) is 14.4. The topological polar surface area (TPSA) is 113 Å². The van der Waals surface area contributed by atoms with Crippen molar-refractivity contribution in [3.63, 3.8) is 0 Å². The Bertz CT molecular complexity index is 489. The summed E-state index contributed by atoms with van der Waals surface area (Å²) in [5.41, 5.74) is 0. The van der Waals surface area contributed by atoms with Crippen LogP contribution in [0.2, 0.25) is 0 Å². The van der Waals surface area contributed by atoms with E-state index in [1.807, 2.05) is 0 Å². The van der Waals surface area contributed by atoms with Crippen LogP contribution < -0.4 is 4.72 Å². The third-order valence-electron chi connectivity index (χ3n) is 2.97. The van der Waals surface area contributed by atoms with Gasteiger partial charge in [0.2, 0.25) is 0 Å². The van der Waals surface area contributed by atoms with Crippen LogP contribution in [-0.4, -0.2) is 54.2 Å². The molecule has 2 fully saturated rings. The largest absolute Gasteiger partial charge is 0.480 e. The van der Waals surface area contributed by atoms with Gasteiger partial charge in [-0.1, -0.05) is 0 Å². The quantitative estimate of drug-likeness (QED) is 0.741. The van der Waals surface area contributed by atoms with Gasteiger partial charge in [0.05, 0.1) is 12.5 Å². The fourth-order valence-electron chi connectivity index (χ4n) is 1.92. The van der Waals surface area contributed by atoms with Crippen LogP contribution in [0, 0.1) is 5.92 Å². The Labute approximate surface area is 114 Å². The number of thioether (sulfide) groups is 1. The van der Waals surface area contributed by atoms with Crippen molar-refractivity contribution in [2.45, 2.75) is 24.3 Å². The lowest BCUT2D eigenvalue weighted by Crippen LogP contribution is -2.52. The van der Waals surface area contributed by atoms with Crippen molar-refractivity contribution in [3.05, 3.63) is 0 Å². The van der Waals surface area contributed by atoms with E-state index in [0.29, 0.717) is 0 Å². The van der Waals surface area contributed by atoms with Crippen molar-refractivity contribution in [2.24, 2.45) is 5.92 Å². The van der Waals surface area contributed by atoms with Gasteiger partial charge >= 0.3 is 22.3 Å². The number of carbonyl (C=O) groups is 2. The van der Waals surface area contributed by atoms with E-state index in [0.717, 1.165) is 24.3 Å². The number of carboxylic acids is 1. The number of carbonyl (C=O) groups excluding carboxylic acids is 1. The van der Waals surface area contributed by atoms with Crippen LogP contribution in [0.15, 0.2) is 0 Å². The molecule has 0 bridgehead atoms. The van der Waals surface area contributed by atoms with Crippen LogP contribution in [0.5, 0.6) is 0 Å². The van der Waals surface area contributed by atoms with Gasteiger partial charge in [-0.05, 0) is 18.8 Å². The van der Waals surface area contributed by atoms with Crippen LogP contribution in [0.3, 0.4) is 0 Å². The first-order chi connectivity index (χ1) is 8.86. The van der Waals surface area contributed by atoms with Crippen LogP contribution in [0.4, 0.5) is 4.79 Å². The van der Waals surface area contributed by atoms with Crippen molar-refractivity contribution >= 4 is 34.0 Å². The fraction of sp³-hybridized carbons (Fsp3) is 0.778. The highest BCUT2D eigenvalue weighted by atomic mass is 32.2. The summed E-state index contributed by atoms with van der Waals surface area (Å²) in [7, 11) is -3.17. The summed E-state index contributed by atoms with van der Waals surface area (Å²) in [4.78, 5) is 22.2. The summed E-state index contributed by atoms with van der Waals surface area (Å²) in [6.45, 7) is 0. The Hall–Kier alpha value is -1.00. The van der Waals surface area contributed by atoms with Gasteiger partial charge < -0.3 is 9.84 Å². The molecule has 1 amide bonds. The van der Waals surface area contributed by atoms with Gasteiger partial charge in [-0.2, -0.15) is 12.7 Å². The fourth-order valence-corrected chi connectivity index (χ4v) is 5.41. The zero-order chi connectivity index (χ0) is 14.2. The molecule has 2 rings (SSSR count). The molecule has 0 aromatic carbocycles. The predicted octanol–water partition coefficient (Wildman–Crippen LogP) is -0.175. The lowest BCUT2D eigenvalue weighted by molar-refractivity contribution is -0.140. The monoisotopic (exact) mass is 310 g/mol. The molecule has 19 heavy (non-hydrogen) atoms. The van der Waals surface area contributed by atoms with E-state index < -0.39 is 33.7 Å². The van der Waals surface area contributed by atoms with Gasteiger partial charge in [0.15, 0.2) is 0 Å². The predicted molar refractivity (Wildman–Crippen MR) is 66.7 cm³/mol. The summed E-state index contributed by atoms with van der Waals surface area (Å²) in [6, 6.07) is -1.15. The van der Waals surface area contributed by atoms with Crippen molar-refractivity contribution < 1.29 is 27.9 Å². The van der Waals surface area contributed by atoms with Gasteiger partial charge in [-0.25, -0.2) is 9.52 Å². The number of carboxylic acid groups (broad SMARTS) is 1. The van der Waals surface area contributed by atoms with Crippen molar-refractivity contribution in [1.82, 2.24) is 9.03 Å². The first-order valence-electron chi connectivity index (χ1n) is 5.60. The van der Waals surface area contributed by atoms with Crippen molar-refractivity contribution in [3.8, 4) is 0 Å². The van der Waals surface area contributed by atoms with E-state index in [-0.39, 0.29) is 11.7 Å². The summed E-state index contributed by atoms with van der Waals surface area (Å²) >= 11 is 1.29. The molecule has 2 atom stereocenters. The van der Waals surface area contributed by atoms with E-state index in [1.54, 1.807) is 4.72 Å². The Balaban J connectivity index is 2.24. The second kappa shape index (κ2) is 5.17. The van der Waals surface area contributed by atoms with E-state index in [1.165, 1.54) is 11.8 Å². The zero-order valence-electron chi connectivity index (χ0n) is 10.1. The molecular formula is C9H14N2O6S2. The SMILES string of the molecule is COC(=O)NS(=O)(=O)N1C(C(=O)O)CSC1C1CC1. The highest BCUT2D eigenvalue weighted by molar-refractivity contribution is 8.01. The third kappa shape index (κ3) is 2.95. The Morgan fingerprint density at radius 1 is 1.42 bits per heavy atom. The molecule has 1 aliphatic heterocycles. The minimum absolute atomic E-state index is 0.156. The molecule has 1 saturated heterocycles. The number of nitrogens with zero attached hydrogens (tertiary/aromatic N) is 1. The van der Waals surface area contributed by atoms with Gasteiger partial charge in [-0.15, -0.1) is 11.8 Å².